The van der Waals surface area contributed by atoms with Crippen LogP contribution in [0.1, 0.15) is 32.0 Å². The number of nitrogens with zero attached hydrogens (tertiary/aromatic N) is 1. The zero-order valence-corrected chi connectivity index (χ0v) is 12.8. The molecule has 0 radical (unpaired) electrons. The molecule has 0 aliphatic rings. The molecule has 1 aromatic heterocycles. The van der Waals surface area contributed by atoms with Crippen molar-refractivity contribution in [1.29, 1.82) is 0 Å². The fraction of sp³-hybridized carbons (Fsp3) is 0.278. The molecule has 2 rings (SSSR count). The molecule has 0 aliphatic heterocycles. The smallest absolute Gasteiger partial charge is 0.219 e. The number of pyridine rings is 1. The van der Waals surface area contributed by atoms with E-state index in [1.54, 1.807) is 0 Å². The number of rotatable bonds is 6. The Morgan fingerprint density at radius 1 is 1.14 bits per heavy atom. The van der Waals surface area contributed by atoms with Crippen LogP contribution in [0, 0.1) is 0 Å². The lowest BCUT2D eigenvalue weighted by Crippen LogP contribution is -2.22. The van der Waals surface area contributed by atoms with Crippen molar-refractivity contribution < 1.29 is 4.74 Å². The van der Waals surface area contributed by atoms with Gasteiger partial charge in [-0.15, -0.1) is 0 Å². The molecule has 21 heavy (non-hydrogen) atoms. The lowest BCUT2D eigenvalue weighted by atomic mass is 10.2. The van der Waals surface area contributed by atoms with Gasteiger partial charge in [0.05, 0.1) is 5.69 Å². The summed E-state index contributed by atoms with van der Waals surface area (Å²) in [6.45, 7) is 6.97. The van der Waals surface area contributed by atoms with Crippen LogP contribution >= 0.6 is 0 Å². The molecular formula is C18H22N2O. The van der Waals surface area contributed by atoms with Gasteiger partial charge in [-0.1, -0.05) is 50.3 Å². The number of benzene rings is 1. The van der Waals surface area contributed by atoms with Crippen molar-refractivity contribution in [2.75, 3.05) is 0 Å². The highest BCUT2D eigenvalue weighted by molar-refractivity contribution is 5.57. The summed E-state index contributed by atoms with van der Waals surface area (Å²) >= 11 is 0. The summed E-state index contributed by atoms with van der Waals surface area (Å²) in [4.78, 5) is 4.53. The van der Waals surface area contributed by atoms with Crippen molar-refractivity contribution in [3.8, 4) is 11.6 Å². The van der Waals surface area contributed by atoms with Gasteiger partial charge in [0.1, 0.15) is 5.75 Å². The molecule has 0 spiro atoms. The second-order valence-electron chi connectivity index (χ2n) is 5.14. The fourth-order valence-electron chi connectivity index (χ4n) is 1.92. The predicted octanol–water partition coefficient (Wildman–Crippen LogP) is 4.41. The maximum atomic E-state index is 5.92. The Morgan fingerprint density at radius 3 is 2.71 bits per heavy atom. The van der Waals surface area contributed by atoms with E-state index in [0.717, 1.165) is 23.6 Å². The van der Waals surface area contributed by atoms with Crippen molar-refractivity contribution in [3.63, 3.8) is 0 Å². The number of allylic oxidation sites excluding steroid dienone is 1. The minimum atomic E-state index is 0.437. The number of nitrogens with one attached hydrogen (secondary N) is 1. The Balaban J connectivity index is 2.14. The van der Waals surface area contributed by atoms with Crippen LogP contribution in [0.25, 0.3) is 6.08 Å². The Labute approximate surface area is 126 Å². The zero-order chi connectivity index (χ0) is 15.1. The van der Waals surface area contributed by atoms with E-state index < -0.39 is 0 Å². The van der Waals surface area contributed by atoms with E-state index in [2.05, 4.69) is 24.1 Å². The molecule has 0 unspecified atom stereocenters. The molecule has 3 nitrogen and oxygen atoms in total. The molecule has 0 atom stereocenters. The van der Waals surface area contributed by atoms with Gasteiger partial charge in [-0.05, 0) is 19.1 Å². The van der Waals surface area contributed by atoms with Gasteiger partial charge in [-0.25, -0.2) is 4.98 Å². The molecule has 0 amide bonds. The van der Waals surface area contributed by atoms with Crippen molar-refractivity contribution in [1.82, 2.24) is 10.3 Å². The summed E-state index contributed by atoms with van der Waals surface area (Å²) in [5, 5.41) is 3.36. The molecule has 0 fully saturated rings. The molecule has 1 N–H and O–H groups in total. The van der Waals surface area contributed by atoms with E-state index in [-0.39, 0.29) is 0 Å². The molecule has 110 valence electrons. The third-order valence-corrected chi connectivity index (χ3v) is 2.95. The van der Waals surface area contributed by atoms with Crippen LogP contribution in [0.2, 0.25) is 0 Å². The average molecular weight is 282 g/mol. The lowest BCUT2D eigenvalue weighted by molar-refractivity contribution is 0.457. The summed E-state index contributed by atoms with van der Waals surface area (Å²) in [6.07, 6.45) is 4.03. The highest BCUT2D eigenvalue weighted by Crippen LogP contribution is 2.25. The highest BCUT2D eigenvalue weighted by atomic mass is 16.5. The summed E-state index contributed by atoms with van der Waals surface area (Å²) in [6, 6.07) is 14.2. The first kappa shape index (κ1) is 15.3. The molecule has 1 heterocycles. The molecule has 0 aliphatic carbocycles. The summed E-state index contributed by atoms with van der Waals surface area (Å²) in [5.41, 5.74) is 2.03. The van der Waals surface area contributed by atoms with Gasteiger partial charge in [0.2, 0.25) is 5.88 Å². The average Bonchev–Trinajstić information content (AvgIpc) is 2.48. The first-order valence-corrected chi connectivity index (χ1v) is 7.28. The monoisotopic (exact) mass is 282 g/mol. The largest absolute Gasteiger partial charge is 0.438 e. The van der Waals surface area contributed by atoms with E-state index in [0.29, 0.717) is 11.9 Å². The molecule has 0 saturated heterocycles. The third kappa shape index (κ3) is 4.72. The Bertz CT molecular complexity index is 606. The summed E-state index contributed by atoms with van der Waals surface area (Å²) < 4.78 is 5.92. The lowest BCUT2D eigenvalue weighted by Gasteiger charge is -2.10. The van der Waals surface area contributed by atoms with Crippen molar-refractivity contribution >= 4 is 6.08 Å². The third-order valence-electron chi connectivity index (χ3n) is 2.95. The number of hydrogen-bond donors (Lipinski definition) is 1. The van der Waals surface area contributed by atoms with Crippen LogP contribution in [-0.4, -0.2) is 11.0 Å². The molecule has 0 bridgehead atoms. The summed E-state index contributed by atoms with van der Waals surface area (Å²) in [7, 11) is 0. The first-order chi connectivity index (χ1) is 10.2. The predicted molar refractivity (Wildman–Crippen MR) is 87.4 cm³/mol. The van der Waals surface area contributed by atoms with Crippen molar-refractivity contribution in [3.05, 3.63) is 59.8 Å². The maximum absolute atomic E-state index is 5.92. The van der Waals surface area contributed by atoms with E-state index in [1.807, 2.05) is 61.5 Å². The highest BCUT2D eigenvalue weighted by Gasteiger charge is 2.04. The van der Waals surface area contributed by atoms with E-state index in [1.165, 1.54) is 0 Å². The van der Waals surface area contributed by atoms with Gasteiger partial charge in [-0.2, -0.15) is 0 Å². The summed E-state index contributed by atoms with van der Waals surface area (Å²) in [5.74, 6) is 1.44. The number of para-hydroxylation sites is 1. The zero-order valence-electron chi connectivity index (χ0n) is 12.8. The van der Waals surface area contributed by atoms with Gasteiger partial charge in [0, 0.05) is 24.2 Å². The molecule has 0 saturated carbocycles. The quantitative estimate of drug-likeness (QED) is 0.852. The van der Waals surface area contributed by atoms with Gasteiger partial charge in [-0.3, -0.25) is 0 Å². The normalized spacial score (nSPS) is 11.2. The minimum Gasteiger partial charge on any atom is -0.438 e. The molecule has 2 aromatic rings. The first-order valence-electron chi connectivity index (χ1n) is 7.28. The number of ether oxygens (including phenoxy) is 1. The topological polar surface area (TPSA) is 34.1 Å². The SMILES string of the molecule is CC=Cc1ccccc1Oc1cccc(CNC(C)C)n1. The number of aromatic nitrogens is 1. The number of hydrogen-bond acceptors (Lipinski definition) is 3. The van der Waals surface area contributed by atoms with E-state index in [4.69, 9.17) is 4.74 Å². The maximum Gasteiger partial charge on any atom is 0.219 e. The van der Waals surface area contributed by atoms with Gasteiger partial charge < -0.3 is 10.1 Å². The van der Waals surface area contributed by atoms with E-state index in [9.17, 15) is 0 Å². The van der Waals surface area contributed by atoms with Crippen LogP contribution in [0.5, 0.6) is 11.6 Å². The molecule has 3 heteroatoms. The van der Waals surface area contributed by atoms with Gasteiger partial charge in [0.25, 0.3) is 0 Å². The Kier molecular flexibility index (Phi) is 5.52. The fourth-order valence-corrected chi connectivity index (χ4v) is 1.92. The van der Waals surface area contributed by atoms with Gasteiger partial charge >= 0.3 is 0 Å². The standard InChI is InChI=1S/C18H22N2O/c1-4-8-15-9-5-6-11-17(15)21-18-12-7-10-16(20-18)13-19-14(2)3/h4-12,14,19H,13H2,1-3H3. The van der Waals surface area contributed by atoms with Crippen LogP contribution < -0.4 is 10.1 Å². The second-order valence-corrected chi connectivity index (χ2v) is 5.14. The van der Waals surface area contributed by atoms with Crippen molar-refractivity contribution in [2.24, 2.45) is 0 Å². The van der Waals surface area contributed by atoms with Crippen LogP contribution in [0.15, 0.2) is 48.5 Å². The van der Waals surface area contributed by atoms with Crippen molar-refractivity contribution in [2.45, 2.75) is 33.4 Å². The second kappa shape index (κ2) is 7.60. The molecular weight excluding hydrogens is 260 g/mol. The van der Waals surface area contributed by atoms with Crippen LogP contribution in [0.4, 0.5) is 0 Å². The van der Waals surface area contributed by atoms with E-state index >= 15 is 0 Å². The minimum absolute atomic E-state index is 0.437. The van der Waals surface area contributed by atoms with Crippen LogP contribution in [0.3, 0.4) is 0 Å². The van der Waals surface area contributed by atoms with Crippen LogP contribution in [-0.2, 0) is 6.54 Å². The Hall–Kier alpha value is -2.13. The Morgan fingerprint density at radius 2 is 1.95 bits per heavy atom. The van der Waals surface area contributed by atoms with Gasteiger partial charge in [0.15, 0.2) is 0 Å². The molecule has 1 aromatic carbocycles.